The molecule has 4 heteroatoms. The standard InChI is InChI=1S/C16H22N2O2.C2H6/c1-16(2,3)20-15(19)18-14-10-6-4-8-12(10)17-13-9-5-7-11(13)14;1-2/h4-9H2,1-3H3,(H,17,18,19);1-2H3/p+1. The molecule has 0 aromatic carbocycles. The molecule has 3 rings (SSSR count). The molecule has 2 aliphatic carbocycles. The van der Waals surface area contributed by atoms with Gasteiger partial charge in [0.15, 0.2) is 11.4 Å². The van der Waals surface area contributed by atoms with Crippen LogP contribution in [0.3, 0.4) is 0 Å². The molecular weight excluding hydrogens is 276 g/mol. The number of rotatable bonds is 1. The van der Waals surface area contributed by atoms with Crippen molar-refractivity contribution < 1.29 is 14.5 Å². The van der Waals surface area contributed by atoms with Crippen LogP contribution in [0.2, 0.25) is 0 Å². The van der Waals surface area contributed by atoms with Gasteiger partial charge in [-0.1, -0.05) is 13.8 Å². The maximum Gasteiger partial charge on any atom is 0.412 e. The van der Waals surface area contributed by atoms with E-state index >= 15 is 0 Å². The molecule has 0 unspecified atom stereocenters. The molecule has 0 radical (unpaired) electrons. The zero-order valence-corrected chi connectivity index (χ0v) is 14.6. The Kier molecular flexibility index (Phi) is 5.09. The lowest BCUT2D eigenvalue weighted by atomic mass is 10.1. The molecule has 1 aromatic heterocycles. The van der Waals surface area contributed by atoms with Gasteiger partial charge in [-0.3, -0.25) is 5.32 Å². The molecule has 1 heterocycles. The predicted molar refractivity (Wildman–Crippen MR) is 88.3 cm³/mol. The van der Waals surface area contributed by atoms with E-state index in [1.807, 2.05) is 34.6 Å². The Balaban J connectivity index is 0.000000847. The summed E-state index contributed by atoms with van der Waals surface area (Å²) in [6, 6.07) is 0. The van der Waals surface area contributed by atoms with Crippen molar-refractivity contribution in [3.8, 4) is 0 Å². The first-order valence-electron chi connectivity index (χ1n) is 8.53. The van der Waals surface area contributed by atoms with Crippen LogP contribution >= 0.6 is 0 Å². The largest absolute Gasteiger partial charge is 0.444 e. The summed E-state index contributed by atoms with van der Waals surface area (Å²) in [5.74, 6) is 0. The van der Waals surface area contributed by atoms with Crippen molar-refractivity contribution in [1.29, 1.82) is 0 Å². The quantitative estimate of drug-likeness (QED) is 0.856. The minimum atomic E-state index is -0.461. The Hall–Kier alpha value is -1.58. The van der Waals surface area contributed by atoms with E-state index in [9.17, 15) is 4.79 Å². The predicted octanol–water partition coefficient (Wildman–Crippen LogP) is 3.85. The molecule has 122 valence electrons. The van der Waals surface area contributed by atoms with Crippen molar-refractivity contribution in [3.63, 3.8) is 0 Å². The van der Waals surface area contributed by atoms with E-state index in [2.05, 4.69) is 10.3 Å². The normalized spacial score (nSPS) is 15.5. The molecule has 0 bridgehead atoms. The lowest BCUT2D eigenvalue weighted by Gasteiger charge is -2.20. The Morgan fingerprint density at radius 1 is 1.00 bits per heavy atom. The Bertz CT molecular complexity index is 527. The molecule has 0 saturated heterocycles. The first kappa shape index (κ1) is 16.8. The first-order valence-corrected chi connectivity index (χ1v) is 8.53. The lowest BCUT2D eigenvalue weighted by molar-refractivity contribution is -0.400. The van der Waals surface area contributed by atoms with Gasteiger partial charge in [0.25, 0.3) is 0 Å². The topological polar surface area (TPSA) is 52.5 Å². The first-order chi connectivity index (χ1) is 10.4. The van der Waals surface area contributed by atoms with Gasteiger partial charge < -0.3 is 4.74 Å². The molecule has 0 saturated carbocycles. The average molecular weight is 305 g/mol. The molecule has 0 aliphatic heterocycles. The molecule has 2 aliphatic rings. The number of hydrogen-bond acceptors (Lipinski definition) is 2. The molecule has 2 N–H and O–H groups in total. The fourth-order valence-corrected chi connectivity index (χ4v) is 3.24. The highest BCUT2D eigenvalue weighted by molar-refractivity contribution is 5.87. The van der Waals surface area contributed by atoms with Gasteiger partial charge in [-0.2, -0.15) is 0 Å². The van der Waals surface area contributed by atoms with Crippen molar-refractivity contribution in [1.82, 2.24) is 0 Å². The van der Waals surface area contributed by atoms with Gasteiger partial charge in [0.05, 0.1) is 5.69 Å². The minimum absolute atomic E-state index is 0.341. The fourth-order valence-electron chi connectivity index (χ4n) is 3.24. The van der Waals surface area contributed by atoms with E-state index in [4.69, 9.17) is 4.74 Å². The number of aryl methyl sites for hydroxylation is 2. The van der Waals surface area contributed by atoms with E-state index in [-0.39, 0.29) is 6.09 Å². The highest BCUT2D eigenvalue weighted by Gasteiger charge is 2.31. The van der Waals surface area contributed by atoms with Crippen LogP contribution in [0.5, 0.6) is 0 Å². The van der Waals surface area contributed by atoms with Crippen molar-refractivity contribution >= 4 is 11.8 Å². The summed E-state index contributed by atoms with van der Waals surface area (Å²) in [6.45, 7) is 9.67. The molecule has 22 heavy (non-hydrogen) atoms. The van der Waals surface area contributed by atoms with E-state index in [1.54, 1.807) is 0 Å². The van der Waals surface area contributed by atoms with Crippen LogP contribution in [0.4, 0.5) is 10.5 Å². The molecule has 1 aromatic rings. The highest BCUT2D eigenvalue weighted by atomic mass is 16.6. The molecule has 0 atom stereocenters. The number of nitrogens with one attached hydrogen (secondary N) is 2. The van der Waals surface area contributed by atoms with E-state index in [0.717, 1.165) is 44.2 Å². The highest BCUT2D eigenvalue weighted by Crippen LogP contribution is 2.34. The van der Waals surface area contributed by atoms with Crippen LogP contribution in [-0.4, -0.2) is 11.7 Å². The SMILES string of the molecule is CC.CC(C)(C)OC(=O)Nc1c2c([nH+]c3c1CCC3)CCC2. The lowest BCUT2D eigenvalue weighted by Crippen LogP contribution is -2.29. The van der Waals surface area contributed by atoms with Crippen molar-refractivity contribution in [2.75, 3.05) is 5.32 Å². The van der Waals surface area contributed by atoms with Gasteiger partial charge in [-0.15, -0.1) is 0 Å². The van der Waals surface area contributed by atoms with Crippen LogP contribution in [0.25, 0.3) is 0 Å². The maximum atomic E-state index is 12.1. The van der Waals surface area contributed by atoms with Crippen LogP contribution < -0.4 is 10.3 Å². The zero-order chi connectivity index (χ0) is 16.3. The number of hydrogen-bond donors (Lipinski definition) is 1. The summed E-state index contributed by atoms with van der Waals surface area (Å²) in [5.41, 5.74) is 5.75. The van der Waals surface area contributed by atoms with Gasteiger partial charge in [0.2, 0.25) is 0 Å². The fraction of sp³-hybridized carbons (Fsp3) is 0.667. The number of anilines is 1. The number of carbonyl (C=O) groups excluding carboxylic acids is 1. The number of fused-ring (bicyclic) bond motifs is 2. The monoisotopic (exact) mass is 305 g/mol. The third-order valence-electron chi connectivity index (χ3n) is 3.97. The van der Waals surface area contributed by atoms with E-state index in [0.29, 0.717) is 0 Å². The third kappa shape index (κ3) is 3.60. The van der Waals surface area contributed by atoms with Crippen molar-refractivity contribution in [2.45, 2.75) is 78.7 Å². The summed E-state index contributed by atoms with van der Waals surface area (Å²) < 4.78 is 5.40. The second-order valence-electron chi connectivity index (χ2n) is 6.75. The van der Waals surface area contributed by atoms with Gasteiger partial charge >= 0.3 is 6.09 Å². The summed E-state index contributed by atoms with van der Waals surface area (Å²) in [7, 11) is 0. The third-order valence-corrected chi connectivity index (χ3v) is 3.97. The van der Waals surface area contributed by atoms with E-state index < -0.39 is 5.60 Å². The number of H-pyrrole nitrogens is 1. The summed E-state index contributed by atoms with van der Waals surface area (Å²) in [5, 5.41) is 3.02. The van der Waals surface area contributed by atoms with Crippen molar-refractivity contribution in [2.24, 2.45) is 0 Å². The summed E-state index contributed by atoms with van der Waals surface area (Å²) in [6.07, 6.45) is 6.26. The van der Waals surface area contributed by atoms with Gasteiger partial charge in [0.1, 0.15) is 5.60 Å². The second kappa shape index (κ2) is 6.67. The Morgan fingerprint density at radius 3 is 1.95 bits per heavy atom. The van der Waals surface area contributed by atoms with Crippen molar-refractivity contribution in [3.05, 3.63) is 22.5 Å². The smallest absolute Gasteiger partial charge is 0.412 e. The number of pyridine rings is 1. The van der Waals surface area contributed by atoms with Crippen LogP contribution in [0.15, 0.2) is 0 Å². The van der Waals surface area contributed by atoms with Gasteiger partial charge in [-0.05, 0) is 46.5 Å². The molecule has 0 spiro atoms. The Morgan fingerprint density at radius 2 is 1.50 bits per heavy atom. The minimum Gasteiger partial charge on any atom is -0.444 e. The average Bonchev–Trinajstić information content (AvgIpc) is 3.06. The molecule has 4 nitrogen and oxygen atoms in total. The number of carbonyl (C=O) groups is 1. The summed E-state index contributed by atoms with van der Waals surface area (Å²) in [4.78, 5) is 15.7. The summed E-state index contributed by atoms with van der Waals surface area (Å²) >= 11 is 0. The van der Waals surface area contributed by atoms with Crippen LogP contribution in [0, 0.1) is 0 Å². The number of ether oxygens (including phenoxy) is 1. The molecule has 0 fully saturated rings. The molecule has 1 amide bonds. The molecular formula is C18H29N2O2+. The van der Waals surface area contributed by atoms with Gasteiger partial charge in [0, 0.05) is 24.0 Å². The number of aromatic amines is 1. The van der Waals surface area contributed by atoms with Crippen LogP contribution in [-0.2, 0) is 30.4 Å². The Labute approximate surface area is 133 Å². The van der Waals surface area contributed by atoms with Crippen LogP contribution in [0.1, 0.15) is 70.0 Å². The zero-order valence-electron chi connectivity index (χ0n) is 14.6. The van der Waals surface area contributed by atoms with E-state index in [1.165, 1.54) is 22.5 Å². The number of aromatic nitrogens is 1. The maximum absolute atomic E-state index is 12.1. The number of amides is 1. The van der Waals surface area contributed by atoms with Gasteiger partial charge in [-0.25, -0.2) is 9.78 Å². The second-order valence-corrected chi connectivity index (χ2v) is 6.75.